The molecule has 0 radical (unpaired) electrons. The summed E-state index contributed by atoms with van der Waals surface area (Å²) in [5.41, 5.74) is 5.31. The summed E-state index contributed by atoms with van der Waals surface area (Å²) >= 11 is 0. The Balaban J connectivity index is 0.000000980. The second-order valence-corrected chi connectivity index (χ2v) is 5.06. The van der Waals surface area contributed by atoms with Gasteiger partial charge in [-0.05, 0) is 19.3 Å². The molecule has 1 fully saturated rings. The van der Waals surface area contributed by atoms with Gasteiger partial charge in [0.2, 0.25) is 5.91 Å². The topological polar surface area (TPSA) is 189 Å². The number of carboxylic acid groups (broad SMARTS) is 2. The first-order chi connectivity index (χ1) is 10.2. The van der Waals surface area contributed by atoms with E-state index < -0.39 is 12.3 Å². The van der Waals surface area contributed by atoms with Gasteiger partial charge in [-0.1, -0.05) is 0 Å². The van der Waals surface area contributed by atoms with E-state index >= 15 is 0 Å². The molecule has 0 aliphatic heterocycles. The molecule has 0 aromatic carbocycles. The van der Waals surface area contributed by atoms with Crippen LogP contribution in [-0.4, -0.2) is 63.2 Å². The summed E-state index contributed by atoms with van der Waals surface area (Å²) in [7, 11) is 0. The minimum Gasteiger partial charge on any atom is -0.450 e. The third kappa shape index (κ3) is 8.27. The van der Waals surface area contributed by atoms with Crippen LogP contribution in [0.2, 0.25) is 0 Å². The first-order valence-electron chi connectivity index (χ1n) is 6.75. The van der Waals surface area contributed by atoms with Crippen molar-refractivity contribution in [2.45, 2.75) is 44.4 Å². The second kappa shape index (κ2) is 9.79. The van der Waals surface area contributed by atoms with Crippen LogP contribution in [0.5, 0.6) is 0 Å². The number of guanidine groups is 1. The van der Waals surface area contributed by atoms with Crippen molar-refractivity contribution in [3.05, 3.63) is 0 Å². The number of aliphatic hydroxyl groups is 2. The third-order valence-electron chi connectivity index (χ3n) is 3.27. The van der Waals surface area contributed by atoms with Crippen molar-refractivity contribution in [3.63, 3.8) is 0 Å². The fraction of sp³-hybridized carbons (Fsp3) is 0.750. The Bertz CT molecular complexity index is 388. The molecule has 1 rings (SSSR count). The molecule has 10 heteroatoms. The van der Waals surface area contributed by atoms with Gasteiger partial charge in [0.25, 0.3) is 0 Å². The van der Waals surface area contributed by atoms with Crippen LogP contribution in [0.4, 0.5) is 4.79 Å². The van der Waals surface area contributed by atoms with Gasteiger partial charge >= 0.3 is 6.16 Å². The van der Waals surface area contributed by atoms with Crippen molar-refractivity contribution in [3.8, 4) is 0 Å². The summed E-state index contributed by atoms with van der Waals surface area (Å²) in [6, 6.07) is -0.373. The van der Waals surface area contributed by atoms with Crippen molar-refractivity contribution in [2.24, 2.45) is 11.7 Å². The second-order valence-electron chi connectivity index (χ2n) is 5.06. The van der Waals surface area contributed by atoms with E-state index in [9.17, 15) is 9.90 Å². The quantitative estimate of drug-likeness (QED) is 0.227. The van der Waals surface area contributed by atoms with Gasteiger partial charge in [-0.3, -0.25) is 10.2 Å². The lowest BCUT2D eigenvalue weighted by Gasteiger charge is -2.29. The van der Waals surface area contributed by atoms with Crippen LogP contribution in [-0.2, 0) is 4.79 Å². The van der Waals surface area contributed by atoms with Crippen LogP contribution in [0.1, 0.15) is 26.2 Å². The first-order valence-corrected chi connectivity index (χ1v) is 6.75. The number of carbonyl (C=O) groups is 2. The number of carbonyl (C=O) groups excluding carboxylic acids is 1. The van der Waals surface area contributed by atoms with Gasteiger partial charge in [-0.2, -0.15) is 0 Å². The summed E-state index contributed by atoms with van der Waals surface area (Å²) in [6.45, 7) is 1.38. The van der Waals surface area contributed by atoms with Crippen LogP contribution < -0.4 is 16.4 Å². The Kier molecular flexibility index (Phi) is 8.87. The lowest BCUT2D eigenvalue weighted by molar-refractivity contribution is -0.120. The van der Waals surface area contributed by atoms with Crippen LogP contribution in [0.3, 0.4) is 0 Å². The van der Waals surface area contributed by atoms with Crippen LogP contribution in [0, 0.1) is 11.3 Å². The molecule has 1 unspecified atom stereocenters. The normalized spacial score (nSPS) is 24.6. The minimum absolute atomic E-state index is 0.0374. The largest absolute Gasteiger partial charge is 0.503 e. The average molecular weight is 320 g/mol. The zero-order valence-electron chi connectivity index (χ0n) is 12.3. The van der Waals surface area contributed by atoms with Crippen LogP contribution >= 0.6 is 0 Å². The Morgan fingerprint density at radius 3 is 2.32 bits per heavy atom. The maximum Gasteiger partial charge on any atom is 0.503 e. The fourth-order valence-electron chi connectivity index (χ4n) is 2.65. The van der Waals surface area contributed by atoms with E-state index in [0.717, 1.165) is 0 Å². The highest BCUT2D eigenvalue weighted by atomic mass is 16.6. The monoisotopic (exact) mass is 320 g/mol. The maximum absolute atomic E-state index is 11.2. The molecule has 0 saturated heterocycles. The zero-order valence-corrected chi connectivity index (χ0v) is 12.3. The number of hydrogen-bond acceptors (Lipinski definition) is 5. The lowest BCUT2D eigenvalue weighted by Crippen LogP contribution is -2.49. The van der Waals surface area contributed by atoms with Crippen LogP contribution in [0.25, 0.3) is 0 Å². The smallest absolute Gasteiger partial charge is 0.450 e. The predicted molar refractivity (Wildman–Crippen MR) is 77.5 cm³/mol. The van der Waals surface area contributed by atoms with Gasteiger partial charge < -0.3 is 36.8 Å². The number of hydrogen-bond donors (Lipinski definition) is 8. The third-order valence-corrected chi connectivity index (χ3v) is 3.27. The molecule has 1 saturated carbocycles. The molecule has 10 nitrogen and oxygen atoms in total. The minimum atomic E-state index is -1.83. The summed E-state index contributed by atoms with van der Waals surface area (Å²) in [5.74, 6) is -0.360. The number of nitrogens with one attached hydrogen (secondary N) is 3. The van der Waals surface area contributed by atoms with E-state index in [1.165, 1.54) is 6.92 Å². The van der Waals surface area contributed by atoms with Crippen molar-refractivity contribution < 1.29 is 30.0 Å². The molecule has 9 N–H and O–H groups in total. The van der Waals surface area contributed by atoms with Crippen molar-refractivity contribution >= 4 is 18.0 Å². The Morgan fingerprint density at radius 1 is 1.36 bits per heavy atom. The number of rotatable bonds is 5. The van der Waals surface area contributed by atoms with Gasteiger partial charge in [-0.15, -0.1) is 0 Å². The predicted octanol–water partition coefficient (Wildman–Crippen LogP) is -1.28. The lowest BCUT2D eigenvalue weighted by atomic mass is 9.92. The highest BCUT2D eigenvalue weighted by Gasteiger charge is 2.38. The number of amides is 1. The average Bonchev–Trinajstić information content (AvgIpc) is 2.67. The zero-order chi connectivity index (χ0) is 17.3. The number of aliphatic hydroxyl groups excluding tert-OH is 2. The highest BCUT2D eigenvalue weighted by molar-refractivity contribution is 5.75. The molecule has 128 valence electrons. The van der Waals surface area contributed by atoms with E-state index in [0.29, 0.717) is 19.3 Å². The van der Waals surface area contributed by atoms with Gasteiger partial charge in [0.1, 0.15) is 0 Å². The van der Waals surface area contributed by atoms with E-state index in [4.69, 9.17) is 31.3 Å². The molecule has 0 heterocycles. The van der Waals surface area contributed by atoms with Crippen molar-refractivity contribution in [1.29, 1.82) is 5.41 Å². The molecule has 0 aromatic rings. The van der Waals surface area contributed by atoms with E-state index in [1.807, 2.05) is 0 Å². The van der Waals surface area contributed by atoms with E-state index in [-0.39, 0.29) is 36.5 Å². The maximum atomic E-state index is 11.2. The standard InChI is InChI=1S/C11H22N4O3.CH2O3/c1-6(17)14-9(2-3-16)8-4-7(18)5-10(8)15-11(12)13;2-1(3)4/h7-10,16,18H,2-5H2,1H3,(H,14,17)(H4,12,13,15);(H2,2,3,4)/t7-,8+,9?,10+;/m1./s1. The summed E-state index contributed by atoms with van der Waals surface area (Å²) < 4.78 is 0. The number of nitrogens with two attached hydrogens (primary N) is 1. The van der Waals surface area contributed by atoms with Gasteiger partial charge in [0.15, 0.2) is 5.96 Å². The fourth-order valence-corrected chi connectivity index (χ4v) is 2.65. The van der Waals surface area contributed by atoms with Gasteiger partial charge in [-0.25, -0.2) is 4.79 Å². The molecule has 22 heavy (non-hydrogen) atoms. The molecular weight excluding hydrogens is 296 g/mol. The molecule has 1 aliphatic rings. The summed E-state index contributed by atoms with van der Waals surface area (Å²) in [6.07, 6.45) is -0.865. The molecule has 0 aromatic heterocycles. The van der Waals surface area contributed by atoms with E-state index in [2.05, 4.69) is 10.6 Å². The summed E-state index contributed by atoms with van der Waals surface area (Å²) in [4.78, 5) is 19.7. The van der Waals surface area contributed by atoms with Crippen molar-refractivity contribution in [1.82, 2.24) is 10.6 Å². The van der Waals surface area contributed by atoms with Gasteiger partial charge in [0, 0.05) is 31.5 Å². The highest BCUT2D eigenvalue weighted by Crippen LogP contribution is 2.30. The molecule has 4 atom stereocenters. The van der Waals surface area contributed by atoms with E-state index in [1.54, 1.807) is 0 Å². The first kappa shape index (κ1) is 19.9. The molecule has 0 spiro atoms. The molecular formula is C12H24N4O6. The van der Waals surface area contributed by atoms with Crippen LogP contribution in [0.15, 0.2) is 0 Å². The van der Waals surface area contributed by atoms with Gasteiger partial charge in [0.05, 0.1) is 6.10 Å². The summed E-state index contributed by atoms with van der Waals surface area (Å²) in [5, 5.41) is 45.5. The Hall–Kier alpha value is -2.07. The Labute approximate surface area is 127 Å². The van der Waals surface area contributed by atoms with Crippen molar-refractivity contribution in [2.75, 3.05) is 6.61 Å². The molecule has 1 amide bonds. The molecule has 1 aliphatic carbocycles. The Morgan fingerprint density at radius 2 is 1.91 bits per heavy atom. The SMILES string of the molecule is CC(=O)NC(CCO)[C@@H]1C[C@@H](O)C[C@@H]1NC(=N)N.O=C(O)O. The molecule has 0 bridgehead atoms.